The SMILES string of the molecule is CCOc1cccc(/C=N/O)c1. The van der Waals surface area contributed by atoms with Gasteiger partial charge in [0.15, 0.2) is 0 Å². The number of benzene rings is 1. The smallest absolute Gasteiger partial charge is 0.119 e. The molecule has 0 radical (unpaired) electrons. The topological polar surface area (TPSA) is 41.8 Å². The Kier molecular flexibility index (Phi) is 3.14. The Labute approximate surface area is 71.3 Å². The zero-order valence-corrected chi connectivity index (χ0v) is 6.90. The van der Waals surface area contributed by atoms with Crippen LogP contribution in [-0.2, 0) is 0 Å². The van der Waals surface area contributed by atoms with Crippen molar-refractivity contribution in [2.45, 2.75) is 6.92 Å². The highest BCUT2D eigenvalue weighted by atomic mass is 16.5. The first-order valence-corrected chi connectivity index (χ1v) is 3.77. The van der Waals surface area contributed by atoms with Crippen LogP contribution in [0.25, 0.3) is 0 Å². The zero-order chi connectivity index (χ0) is 8.81. The van der Waals surface area contributed by atoms with Crippen molar-refractivity contribution >= 4 is 6.21 Å². The van der Waals surface area contributed by atoms with Crippen molar-refractivity contribution in [3.8, 4) is 5.75 Å². The van der Waals surface area contributed by atoms with Gasteiger partial charge in [-0.05, 0) is 24.6 Å². The van der Waals surface area contributed by atoms with E-state index in [1.165, 1.54) is 6.21 Å². The molecule has 1 aromatic rings. The van der Waals surface area contributed by atoms with Gasteiger partial charge in [0, 0.05) is 0 Å². The summed E-state index contributed by atoms with van der Waals surface area (Å²) < 4.78 is 5.25. The lowest BCUT2D eigenvalue weighted by atomic mass is 10.2. The van der Waals surface area contributed by atoms with Gasteiger partial charge in [-0.1, -0.05) is 17.3 Å². The summed E-state index contributed by atoms with van der Waals surface area (Å²) in [5.74, 6) is 0.787. The van der Waals surface area contributed by atoms with Gasteiger partial charge in [-0.25, -0.2) is 0 Å². The third-order valence-corrected chi connectivity index (χ3v) is 1.38. The monoisotopic (exact) mass is 165 g/mol. The van der Waals surface area contributed by atoms with E-state index in [4.69, 9.17) is 9.94 Å². The Hall–Kier alpha value is -1.51. The molecule has 3 nitrogen and oxygen atoms in total. The normalized spacial score (nSPS) is 10.4. The fraction of sp³-hybridized carbons (Fsp3) is 0.222. The maximum Gasteiger partial charge on any atom is 0.119 e. The van der Waals surface area contributed by atoms with Gasteiger partial charge < -0.3 is 9.94 Å². The minimum absolute atomic E-state index is 0.639. The average molecular weight is 165 g/mol. The van der Waals surface area contributed by atoms with E-state index < -0.39 is 0 Å². The molecule has 0 spiro atoms. The second kappa shape index (κ2) is 4.38. The molecule has 0 aromatic heterocycles. The molecule has 0 aliphatic heterocycles. The van der Waals surface area contributed by atoms with Crippen LogP contribution in [-0.4, -0.2) is 18.0 Å². The van der Waals surface area contributed by atoms with Crippen LogP contribution in [0.5, 0.6) is 5.75 Å². The number of ether oxygens (including phenoxy) is 1. The van der Waals surface area contributed by atoms with E-state index in [-0.39, 0.29) is 0 Å². The predicted octanol–water partition coefficient (Wildman–Crippen LogP) is 1.89. The van der Waals surface area contributed by atoms with Crippen LogP contribution < -0.4 is 4.74 Å². The van der Waals surface area contributed by atoms with Crippen molar-refractivity contribution in [3.05, 3.63) is 29.8 Å². The molecule has 0 aliphatic carbocycles. The van der Waals surface area contributed by atoms with Gasteiger partial charge in [0.05, 0.1) is 12.8 Å². The number of nitrogens with zero attached hydrogens (tertiary/aromatic N) is 1. The van der Waals surface area contributed by atoms with Gasteiger partial charge in [-0.2, -0.15) is 0 Å². The summed E-state index contributed by atoms with van der Waals surface area (Å²) in [6.07, 6.45) is 1.36. The summed E-state index contributed by atoms with van der Waals surface area (Å²) in [7, 11) is 0. The van der Waals surface area contributed by atoms with E-state index in [1.54, 1.807) is 0 Å². The van der Waals surface area contributed by atoms with Gasteiger partial charge in [0.1, 0.15) is 5.75 Å². The third-order valence-electron chi connectivity index (χ3n) is 1.38. The van der Waals surface area contributed by atoms with Crippen molar-refractivity contribution in [1.82, 2.24) is 0 Å². The Morgan fingerprint density at radius 3 is 3.08 bits per heavy atom. The minimum Gasteiger partial charge on any atom is -0.494 e. The molecular weight excluding hydrogens is 154 g/mol. The van der Waals surface area contributed by atoms with Gasteiger partial charge in [0.2, 0.25) is 0 Å². The fourth-order valence-electron chi connectivity index (χ4n) is 0.918. The van der Waals surface area contributed by atoms with Crippen molar-refractivity contribution in [1.29, 1.82) is 0 Å². The lowest BCUT2D eigenvalue weighted by Gasteiger charge is -2.01. The summed E-state index contributed by atoms with van der Waals surface area (Å²) in [5.41, 5.74) is 0.823. The van der Waals surface area contributed by atoms with Crippen molar-refractivity contribution in [3.63, 3.8) is 0 Å². The Morgan fingerprint density at radius 1 is 1.58 bits per heavy atom. The van der Waals surface area contributed by atoms with E-state index >= 15 is 0 Å². The second-order valence-electron chi connectivity index (χ2n) is 2.25. The van der Waals surface area contributed by atoms with Crippen LogP contribution in [0.4, 0.5) is 0 Å². The maximum absolute atomic E-state index is 8.27. The van der Waals surface area contributed by atoms with Crippen LogP contribution in [0.1, 0.15) is 12.5 Å². The van der Waals surface area contributed by atoms with E-state index in [9.17, 15) is 0 Å². The predicted molar refractivity (Wildman–Crippen MR) is 47.0 cm³/mol. The van der Waals surface area contributed by atoms with Crippen LogP contribution in [0.2, 0.25) is 0 Å². The molecular formula is C9H11NO2. The molecule has 0 fully saturated rings. The molecule has 0 saturated heterocycles. The van der Waals surface area contributed by atoms with Gasteiger partial charge >= 0.3 is 0 Å². The van der Waals surface area contributed by atoms with Gasteiger partial charge in [0.25, 0.3) is 0 Å². The first kappa shape index (κ1) is 8.59. The largest absolute Gasteiger partial charge is 0.494 e. The highest BCUT2D eigenvalue weighted by Gasteiger charge is 1.92. The van der Waals surface area contributed by atoms with Crippen LogP contribution in [0.15, 0.2) is 29.4 Å². The Bertz CT molecular complexity index is 271. The molecule has 0 heterocycles. The number of hydrogen-bond donors (Lipinski definition) is 1. The Morgan fingerprint density at radius 2 is 2.42 bits per heavy atom. The maximum atomic E-state index is 8.27. The number of oxime groups is 1. The molecule has 0 unspecified atom stereocenters. The minimum atomic E-state index is 0.639. The molecule has 0 amide bonds. The summed E-state index contributed by atoms with van der Waals surface area (Å²) in [4.78, 5) is 0. The Balaban J connectivity index is 2.80. The lowest BCUT2D eigenvalue weighted by molar-refractivity contribution is 0.321. The van der Waals surface area contributed by atoms with E-state index in [0.29, 0.717) is 6.61 Å². The molecule has 1 rings (SSSR count). The first-order chi connectivity index (χ1) is 5.86. The molecule has 0 saturated carbocycles. The highest BCUT2D eigenvalue weighted by molar-refractivity contribution is 5.79. The highest BCUT2D eigenvalue weighted by Crippen LogP contribution is 2.11. The molecule has 12 heavy (non-hydrogen) atoms. The molecule has 1 aromatic carbocycles. The van der Waals surface area contributed by atoms with E-state index in [2.05, 4.69) is 5.16 Å². The van der Waals surface area contributed by atoms with Gasteiger partial charge in [-0.3, -0.25) is 0 Å². The number of rotatable bonds is 3. The van der Waals surface area contributed by atoms with Crippen LogP contribution >= 0.6 is 0 Å². The van der Waals surface area contributed by atoms with Crippen LogP contribution in [0.3, 0.4) is 0 Å². The number of hydrogen-bond acceptors (Lipinski definition) is 3. The molecule has 1 N–H and O–H groups in total. The zero-order valence-electron chi connectivity index (χ0n) is 6.90. The van der Waals surface area contributed by atoms with Gasteiger partial charge in [-0.15, -0.1) is 0 Å². The molecule has 0 bridgehead atoms. The fourth-order valence-corrected chi connectivity index (χ4v) is 0.918. The van der Waals surface area contributed by atoms with E-state index in [1.807, 2.05) is 31.2 Å². The van der Waals surface area contributed by atoms with Crippen molar-refractivity contribution < 1.29 is 9.94 Å². The van der Waals surface area contributed by atoms with Crippen molar-refractivity contribution in [2.24, 2.45) is 5.16 Å². The molecule has 64 valence electrons. The summed E-state index contributed by atoms with van der Waals surface area (Å²) in [6.45, 7) is 2.56. The standard InChI is InChI=1S/C9H11NO2/c1-2-12-9-5-3-4-8(6-9)7-10-11/h3-7,11H,2H2,1H3/b10-7+. The first-order valence-electron chi connectivity index (χ1n) is 3.77. The second-order valence-corrected chi connectivity index (χ2v) is 2.25. The summed E-state index contributed by atoms with van der Waals surface area (Å²) in [6, 6.07) is 7.35. The third kappa shape index (κ3) is 2.27. The van der Waals surface area contributed by atoms with Crippen molar-refractivity contribution in [2.75, 3.05) is 6.61 Å². The molecule has 3 heteroatoms. The lowest BCUT2D eigenvalue weighted by Crippen LogP contribution is -1.91. The van der Waals surface area contributed by atoms with Crippen LogP contribution in [0, 0.1) is 0 Å². The summed E-state index contributed by atoms with van der Waals surface area (Å²) >= 11 is 0. The molecule has 0 aliphatic rings. The van der Waals surface area contributed by atoms with E-state index in [0.717, 1.165) is 11.3 Å². The average Bonchev–Trinajstić information content (AvgIpc) is 2.06. The molecule has 0 atom stereocenters. The summed E-state index contributed by atoms with van der Waals surface area (Å²) in [5, 5.41) is 11.2. The quantitative estimate of drug-likeness (QED) is 0.422.